The van der Waals surface area contributed by atoms with Crippen molar-refractivity contribution in [3.05, 3.63) is 0 Å². The van der Waals surface area contributed by atoms with Crippen LogP contribution in [0.3, 0.4) is 0 Å². The van der Waals surface area contributed by atoms with Crippen LogP contribution in [0.1, 0.15) is 65.2 Å². The molecule has 0 aromatic carbocycles. The maximum absolute atomic E-state index is 4.00. The Morgan fingerprint density at radius 1 is 1.00 bits per heavy atom. The summed E-state index contributed by atoms with van der Waals surface area (Å²) in [7, 11) is 0. The highest BCUT2D eigenvalue weighted by atomic mass is 15.0. The maximum Gasteiger partial charge on any atom is 0.00952 e. The van der Waals surface area contributed by atoms with E-state index in [1.54, 1.807) is 6.42 Å². The summed E-state index contributed by atoms with van der Waals surface area (Å²) >= 11 is 0. The van der Waals surface area contributed by atoms with E-state index in [1.807, 2.05) is 0 Å². The topological polar surface area (TPSA) is 12.0 Å². The van der Waals surface area contributed by atoms with Gasteiger partial charge in [0.1, 0.15) is 0 Å². The molecule has 0 radical (unpaired) electrons. The standard InChI is InChI=1S/C16H29N/c1-11-5-3-4-6-16(11)17-12(2)15-10-13-7-8-14(15)9-13/h11-17H,3-10H2,1-2H3. The SMILES string of the molecule is CC1CCCCC1NC(C)C1CC2CCC1C2. The molecule has 0 aliphatic heterocycles. The zero-order valence-electron chi connectivity index (χ0n) is 11.6. The molecule has 6 atom stereocenters. The van der Waals surface area contributed by atoms with E-state index >= 15 is 0 Å². The molecule has 0 heterocycles. The van der Waals surface area contributed by atoms with Crippen LogP contribution in [-0.4, -0.2) is 12.1 Å². The van der Waals surface area contributed by atoms with Gasteiger partial charge in [-0.3, -0.25) is 0 Å². The van der Waals surface area contributed by atoms with E-state index in [9.17, 15) is 0 Å². The van der Waals surface area contributed by atoms with Crippen LogP contribution in [0.15, 0.2) is 0 Å². The average molecular weight is 235 g/mol. The largest absolute Gasteiger partial charge is 0.311 e. The molecule has 3 fully saturated rings. The molecule has 2 bridgehead atoms. The Labute approximate surface area is 107 Å². The molecule has 1 N–H and O–H groups in total. The van der Waals surface area contributed by atoms with Crippen molar-refractivity contribution in [3.8, 4) is 0 Å². The minimum absolute atomic E-state index is 0.774. The highest BCUT2D eigenvalue weighted by molar-refractivity contribution is 4.95. The Hall–Kier alpha value is -0.0400. The Kier molecular flexibility index (Phi) is 3.47. The van der Waals surface area contributed by atoms with Crippen molar-refractivity contribution >= 4 is 0 Å². The third kappa shape index (κ3) is 2.41. The molecule has 3 aliphatic rings. The van der Waals surface area contributed by atoms with Crippen LogP contribution in [0, 0.1) is 23.7 Å². The summed E-state index contributed by atoms with van der Waals surface area (Å²) in [5, 5.41) is 4.00. The molecule has 0 aromatic rings. The van der Waals surface area contributed by atoms with Crippen LogP contribution in [0.2, 0.25) is 0 Å². The minimum atomic E-state index is 0.774. The number of hydrogen-bond donors (Lipinski definition) is 1. The number of rotatable bonds is 3. The van der Waals surface area contributed by atoms with Crippen LogP contribution < -0.4 is 5.32 Å². The van der Waals surface area contributed by atoms with Crippen LogP contribution in [0.25, 0.3) is 0 Å². The van der Waals surface area contributed by atoms with Gasteiger partial charge in [0.05, 0.1) is 0 Å². The summed E-state index contributed by atoms with van der Waals surface area (Å²) in [6, 6.07) is 1.59. The van der Waals surface area contributed by atoms with Crippen LogP contribution >= 0.6 is 0 Å². The predicted octanol–water partition coefficient (Wildman–Crippen LogP) is 3.98. The number of hydrogen-bond acceptors (Lipinski definition) is 1. The zero-order valence-corrected chi connectivity index (χ0v) is 11.6. The molecule has 6 unspecified atom stereocenters. The van der Waals surface area contributed by atoms with E-state index in [0.29, 0.717) is 0 Å². The van der Waals surface area contributed by atoms with E-state index in [2.05, 4.69) is 19.2 Å². The van der Waals surface area contributed by atoms with Crippen molar-refractivity contribution in [2.45, 2.75) is 77.3 Å². The van der Waals surface area contributed by atoms with Gasteiger partial charge in [-0.05, 0) is 62.7 Å². The first-order valence-corrected chi connectivity index (χ1v) is 8.00. The molecule has 0 spiro atoms. The lowest BCUT2D eigenvalue weighted by molar-refractivity contribution is 0.199. The van der Waals surface area contributed by atoms with Crippen molar-refractivity contribution in [2.75, 3.05) is 0 Å². The minimum Gasteiger partial charge on any atom is -0.311 e. The third-order valence-corrected chi connectivity index (χ3v) is 6.02. The molecule has 0 amide bonds. The van der Waals surface area contributed by atoms with Gasteiger partial charge in [-0.2, -0.15) is 0 Å². The molecule has 0 saturated heterocycles. The molecular weight excluding hydrogens is 206 g/mol. The average Bonchev–Trinajstić information content (AvgIpc) is 2.94. The Morgan fingerprint density at radius 2 is 1.82 bits per heavy atom. The second-order valence-corrected chi connectivity index (χ2v) is 7.16. The van der Waals surface area contributed by atoms with E-state index in [4.69, 9.17) is 0 Å². The predicted molar refractivity (Wildman–Crippen MR) is 73.0 cm³/mol. The van der Waals surface area contributed by atoms with E-state index in [-0.39, 0.29) is 0 Å². The summed E-state index contributed by atoms with van der Waals surface area (Å²) in [5.41, 5.74) is 0. The van der Waals surface area contributed by atoms with Crippen LogP contribution in [-0.2, 0) is 0 Å². The lowest BCUT2D eigenvalue weighted by atomic mass is 9.81. The van der Waals surface area contributed by atoms with Gasteiger partial charge in [0, 0.05) is 12.1 Å². The zero-order chi connectivity index (χ0) is 11.8. The highest BCUT2D eigenvalue weighted by Gasteiger charge is 2.42. The highest BCUT2D eigenvalue weighted by Crippen LogP contribution is 2.49. The molecular formula is C16H29N. The summed E-state index contributed by atoms with van der Waals surface area (Å²) in [6.45, 7) is 4.91. The molecule has 1 heteroatoms. The summed E-state index contributed by atoms with van der Waals surface area (Å²) in [4.78, 5) is 0. The molecule has 3 aliphatic carbocycles. The van der Waals surface area contributed by atoms with Gasteiger partial charge in [0.2, 0.25) is 0 Å². The fourth-order valence-electron chi connectivity index (χ4n) is 4.93. The van der Waals surface area contributed by atoms with E-state index in [0.717, 1.165) is 35.8 Å². The van der Waals surface area contributed by atoms with Crippen LogP contribution in [0.5, 0.6) is 0 Å². The molecule has 0 aromatic heterocycles. The smallest absolute Gasteiger partial charge is 0.00952 e. The second kappa shape index (κ2) is 4.91. The van der Waals surface area contributed by atoms with Crippen molar-refractivity contribution in [2.24, 2.45) is 23.7 Å². The van der Waals surface area contributed by atoms with Gasteiger partial charge in [-0.15, -0.1) is 0 Å². The quantitative estimate of drug-likeness (QED) is 0.780. The lowest BCUT2D eigenvalue weighted by Crippen LogP contribution is -2.46. The number of nitrogens with one attached hydrogen (secondary N) is 1. The van der Waals surface area contributed by atoms with Gasteiger partial charge in [0.15, 0.2) is 0 Å². The maximum atomic E-state index is 4.00. The van der Waals surface area contributed by atoms with Crippen molar-refractivity contribution in [3.63, 3.8) is 0 Å². The molecule has 3 saturated carbocycles. The summed E-state index contributed by atoms with van der Waals surface area (Å²) in [6.07, 6.45) is 11.9. The Balaban J connectivity index is 1.54. The first-order chi connectivity index (χ1) is 8.24. The van der Waals surface area contributed by atoms with Gasteiger partial charge in [-0.25, -0.2) is 0 Å². The third-order valence-electron chi connectivity index (χ3n) is 6.02. The molecule has 98 valence electrons. The molecule has 3 rings (SSSR count). The first kappa shape index (κ1) is 12.0. The van der Waals surface area contributed by atoms with Crippen molar-refractivity contribution in [1.82, 2.24) is 5.32 Å². The number of fused-ring (bicyclic) bond motifs is 2. The lowest BCUT2D eigenvalue weighted by Gasteiger charge is -2.36. The van der Waals surface area contributed by atoms with E-state index < -0.39 is 0 Å². The summed E-state index contributed by atoms with van der Waals surface area (Å²) < 4.78 is 0. The van der Waals surface area contributed by atoms with Gasteiger partial charge in [0.25, 0.3) is 0 Å². The van der Waals surface area contributed by atoms with Crippen molar-refractivity contribution < 1.29 is 0 Å². The molecule has 17 heavy (non-hydrogen) atoms. The molecule has 1 nitrogen and oxygen atoms in total. The first-order valence-electron chi connectivity index (χ1n) is 8.00. The summed E-state index contributed by atoms with van der Waals surface area (Å²) in [5.74, 6) is 4.08. The van der Waals surface area contributed by atoms with Gasteiger partial charge >= 0.3 is 0 Å². The fraction of sp³-hybridized carbons (Fsp3) is 1.00. The monoisotopic (exact) mass is 235 g/mol. The Bertz CT molecular complexity index is 262. The van der Waals surface area contributed by atoms with Crippen LogP contribution in [0.4, 0.5) is 0 Å². The second-order valence-electron chi connectivity index (χ2n) is 7.16. The Morgan fingerprint density at radius 3 is 2.47 bits per heavy atom. The van der Waals surface area contributed by atoms with E-state index in [1.165, 1.54) is 44.9 Å². The normalized spacial score (nSPS) is 47.3. The van der Waals surface area contributed by atoms with Gasteiger partial charge in [-0.1, -0.05) is 26.2 Å². The van der Waals surface area contributed by atoms with Gasteiger partial charge < -0.3 is 5.32 Å². The fourth-order valence-corrected chi connectivity index (χ4v) is 4.93. The van der Waals surface area contributed by atoms with Crippen molar-refractivity contribution in [1.29, 1.82) is 0 Å².